The van der Waals surface area contributed by atoms with Gasteiger partial charge in [0.05, 0.1) is 18.4 Å². The third-order valence-electron chi connectivity index (χ3n) is 5.09. The van der Waals surface area contributed by atoms with E-state index >= 15 is 0 Å². The van der Waals surface area contributed by atoms with Crippen LogP contribution in [0.3, 0.4) is 0 Å². The summed E-state index contributed by atoms with van der Waals surface area (Å²) in [5.74, 6) is 2.11. The Hall–Kier alpha value is -1.65. The minimum atomic E-state index is 0. The summed E-state index contributed by atoms with van der Waals surface area (Å²) >= 11 is 0. The highest BCUT2D eigenvalue weighted by atomic mass is 127. The molecule has 8 heteroatoms. The van der Waals surface area contributed by atoms with E-state index in [1.54, 1.807) is 13.3 Å². The molecule has 1 aromatic carbocycles. The Morgan fingerprint density at radius 2 is 2.03 bits per heavy atom. The number of hydrogen-bond donors (Lipinski definition) is 2. The zero-order chi connectivity index (χ0) is 21.3. The van der Waals surface area contributed by atoms with Gasteiger partial charge in [0.2, 0.25) is 5.89 Å². The molecule has 0 bridgehead atoms. The van der Waals surface area contributed by atoms with Gasteiger partial charge in [0.25, 0.3) is 0 Å². The molecule has 1 fully saturated rings. The first-order valence-corrected chi connectivity index (χ1v) is 10.8. The second kappa shape index (κ2) is 13.0. The van der Waals surface area contributed by atoms with Gasteiger partial charge >= 0.3 is 0 Å². The standard InChI is InChI=1S/C23H35N5O2.HI/c1-17(2)14-28-11-12-29-21(15-28)13-26-23(24-4)25-10-9-20-16-30-22(27-20)19-7-5-18(3)6-8-19;/h5-8,16-17,21H,9-15H2,1-4H3,(H2,24,25,26);1H. The average molecular weight is 541 g/mol. The summed E-state index contributed by atoms with van der Waals surface area (Å²) in [5, 5.41) is 6.72. The molecular formula is C23H36IN5O2. The van der Waals surface area contributed by atoms with Crippen molar-refractivity contribution in [1.82, 2.24) is 20.5 Å². The summed E-state index contributed by atoms with van der Waals surface area (Å²) in [6, 6.07) is 8.19. The lowest BCUT2D eigenvalue weighted by Gasteiger charge is -2.34. The molecule has 1 atom stereocenters. The number of aliphatic imine (C=N–C) groups is 1. The van der Waals surface area contributed by atoms with E-state index in [1.807, 2.05) is 12.1 Å². The Balaban J connectivity index is 0.00000341. The maximum Gasteiger partial charge on any atom is 0.226 e. The summed E-state index contributed by atoms with van der Waals surface area (Å²) in [4.78, 5) is 11.4. The average Bonchev–Trinajstić information content (AvgIpc) is 3.20. The van der Waals surface area contributed by atoms with Crippen molar-refractivity contribution in [3.8, 4) is 11.5 Å². The number of nitrogens with zero attached hydrogens (tertiary/aromatic N) is 3. The Bertz CT molecular complexity index is 807. The zero-order valence-corrected chi connectivity index (χ0v) is 21.4. The fourth-order valence-electron chi connectivity index (χ4n) is 3.58. The van der Waals surface area contributed by atoms with Crippen molar-refractivity contribution in [2.24, 2.45) is 10.9 Å². The lowest BCUT2D eigenvalue weighted by Crippen LogP contribution is -2.50. The van der Waals surface area contributed by atoms with Gasteiger partial charge in [-0.15, -0.1) is 24.0 Å². The first-order chi connectivity index (χ1) is 14.5. The maximum atomic E-state index is 5.90. The number of benzene rings is 1. The van der Waals surface area contributed by atoms with Crippen LogP contribution in [0.1, 0.15) is 25.1 Å². The molecule has 0 amide bonds. The molecule has 172 valence electrons. The fraction of sp³-hybridized carbons (Fsp3) is 0.565. The molecule has 2 N–H and O–H groups in total. The second-order valence-electron chi connectivity index (χ2n) is 8.29. The summed E-state index contributed by atoms with van der Waals surface area (Å²) < 4.78 is 11.5. The van der Waals surface area contributed by atoms with Crippen molar-refractivity contribution >= 4 is 29.9 Å². The van der Waals surface area contributed by atoms with Crippen LogP contribution in [0.2, 0.25) is 0 Å². The van der Waals surface area contributed by atoms with Crippen LogP contribution in [0, 0.1) is 12.8 Å². The molecule has 0 aliphatic carbocycles. The minimum absolute atomic E-state index is 0. The normalized spacial score (nSPS) is 17.5. The smallest absolute Gasteiger partial charge is 0.226 e. The van der Waals surface area contributed by atoms with Gasteiger partial charge in [-0.1, -0.05) is 31.5 Å². The van der Waals surface area contributed by atoms with Crippen molar-refractivity contribution in [1.29, 1.82) is 0 Å². The van der Waals surface area contributed by atoms with Crippen molar-refractivity contribution in [2.75, 3.05) is 46.4 Å². The van der Waals surface area contributed by atoms with Crippen LogP contribution in [0.15, 0.2) is 39.9 Å². The van der Waals surface area contributed by atoms with Gasteiger partial charge in [-0.3, -0.25) is 9.89 Å². The van der Waals surface area contributed by atoms with Crippen LogP contribution in [0.25, 0.3) is 11.5 Å². The largest absolute Gasteiger partial charge is 0.444 e. The molecular weight excluding hydrogens is 505 g/mol. The molecule has 0 saturated carbocycles. The predicted octanol–water partition coefficient (Wildman–Crippen LogP) is 3.33. The minimum Gasteiger partial charge on any atom is -0.444 e. The highest BCUT2D eigenvalue weighted by Crippen LogP contribution is 2.19. The van der Waals surface area contributed by atoms with E-state index < -0.39 is 0 Å². The number of aromatic nitrogens is 1. The van der Waals surface area contributed by atoms with Gasteiger partial charge in [-0.2, -0.15) is 0 Å². The number of rotatable bonds is 8. The van der Waals surface area contributed by atoms with Crippen molar-refractivity contribution in [3.05, 3.63) is 41.8 Å². The third kappa shape index (κ3) is 8.42. The van der Waals surface area contributed by atoms with Crippen molar-refractivity contribution in [2.45, 2.75) is 33.3 Å². The van der Waals surface area contributed by atoms with E-state index in [0.717, 1.165) is 63.0 Å². The SMILES string of the molecule is CN=C(NCCc1coc(-c2ccc(C)cc2)n1)NCC1CN(CC(C)C)CCO1.I. The van der Waals surface area contributed by atoms with Crippen LogP contribution < -0.4 is 10.6 Å². The number of halogens is 1. The Morgan fingerprint density at radius 3 is 2.74 bits per heavy atom. The topological polar surface area (TPSA) is 74.9 Å². The van der Waals surface area contributed by atoms with Crippen LogP contribution in [-0.4, -0.2) is 68.3 Å². The van der Waals surface area contributed by atoms with Gasteiger partial charge in [-0.25, -0.2) is 4.98 Å². The van der Waals surface area contributed by atoms with Crippen molar-refractivity contribution < 1.29 is 9.15 Å². The molecule has 7 nitrogen and oxygen atoms in total. The Kier molecular flexibility index (Phi) is 10.8. The number of ether oxygens (including phenoxy) is 1. The quantitative estimate of drug-likeness (QED) is 0.304. The highest BCUT2D eigenvalue weighted by molar-refractivity contribution is 14.0. The summed E-state index contributed by atoms with van der Waals surface area (Å²) in [6.45, 7) is 11.9. The van der Waals surface area contributed by atoms with E-state index in [9.17, 15) is 0 Å². The molecule has 2 aromatic rings. The number of aryl methyl sites for hydroxylation is 1. The Labute approximate surface area is 203 Å². The van der Waals surface area contributed by atoms with Crippen LogP contribution >= 0.6 is 24.0 Å². The first kappa shape index (κ1) is 25.6. The summed E-state index contributed by atoms with van der Waals surface area (Å²) in [6.07, 6.45) is 2.67. The first-order valence-electron chi connectivity index (χ1n) is 10.8. The number of guanidine groups is 1. The van der Waals surface area contributed by atoms with E-state index in [0.29, 0.717) is 11.8 Å². The second-order valence-corrected chi connectivity index (χ2v) is 8.29. The molecule has 0 spiro atoms. The highest BCUT2D eigenvalue weighted by Gasteiger charge is 2.21. The Morgan fingerprint density at radius 1 is 1.26 bits per heavy atom. The lowest BCUT2D eigenvalue weighted by atomic mass is 10.1. The van der Waals surface area contributed by atoms with Gasteiger partial charge < -0.3 is 19.8 Å². The number of morpholine rings is 1. The maximum absolute atomic E-state index is 5.90. The molecule has 3 rings (SSSR count). The molecule has 0 radical (unpaired) electrons. The van der Waals surface area contributed by atoms with E-state index in [1.165, 1.54) is 5.56 Å². The van der Waals surface area contributed by atoms with Crippen LogP contribution in [0.4, 0.5) is 0 Å². The molecule has 1 aromatic heterocycles. The molecule has 2 heterocycles. The van der Waals surface area contributed by atoms with E-state index in [-0.39, 0.29) is 30.1 Å². The monoisotopic (exact) mass is 541 g/mol. The van der Waals surface area contributed by atoms with Crippen LogP contribution in [0.5, 0.6) is 0 Å². The fourth-order valence-corrected chi connectivity index (χ4v) is 3.58. The van der Waals surface area contributed by atoms with E-state index in [2.05, 4.69) is 58.4 Å². The number of hydrogen-bond acceptors (Lipinski definition) is 5. The van der Waals surface area contributed by atoms with Gasteiger partial charge in [0, 0.05) is 51.8 Å². The zero-order valence-electron chi connectivity index (χ0n) is 19.1. The van der Waals surface area contributed by atoms with Gasteiger partial charge in [0.1, 0.15) is 6.26 Å². The number of oxazole rings is 1. The predicted molar refractivity (Wildman–Crippen MR) is 136 cm³/mol. The van der Waals surface area contributed by atoms with Crippen molar-refractivity contribution in [3.63, 3.8) is 0 Å². The number of nitrogens with one attached hydrogen (secondary N) is 2. The summed E-state index contributed by atoms with van der Waals surface area (Å²) in [7, 11) is 1.79. The van der Waals surface area contributed by atoms with Gasteiger partial charge in [-0.05, 0) is 25.0 Å². The van der Waals surface area contributed by atoms with E-state index in [4.69, 9.17) is 9.15 Å². The molecule has 1 aliphatic heterocycles. The third-order valence-corrected chi connectivity index (χ3v) is 5.09. The molecule has 1 unspecified atom stereocenters. The summed E-state index contributed by atoms with van der Waals surface area (Å²) in [5.41, 5.74) is 3.14. The molecule has 31 heavy (non-hydrogen) atoms. The molecule has 1 aliphatic rings. The van der Waals surface area contributed by atoms with Crippen LogP contribution in [-0.2, 0) is 11.2 Å². The molecule has 1 saturated heterocycles. The lowest BCUT2D eigenvalue weighted by molar-refractivity contribution is -0.0284. The van der Waals surface area contributed by atoms with Gasteiger partial charge in [0.15, 0.2) is 5.96 Å².